The fourth-order valence-electron chi connectivity index (χ4n) is 1.38. The molecule has 4 nitrogen and oxygen atoms in total. The van der Waals surface area contributed by atoms with Crippen molar-refractivity contribution in [2.75, 3.05) is 0 Å². The number of nitrogens with two attached hydrogens (primary N) is 1. The van der Waals surface area contributed by atoms with E-state index in [0.29, 0.717) is 11.3 Å². The molecule has 0 unspecified atom stereocenters. The monoisotopic (exact) mass is 250 g/mol. The van der Waals surface area contributed by atoms with Gasteiger partial charge in [-0.3, -0.25) is 5.41 Å². The Kier molecular flexibility index (Phi) is 3.43. The van der Waals surface area contributed by atoms with Gasteiger partial charge >= 0.3 is 0 Å². The quantitative estimate of drug-likeness (QED) is 0.442. The van der Waals surface area contributed by atoms with Gasteiger partial charge in [0.15, 0.2) is 5.16 Å². The average Bonchev–Trinajstić information content (AvgIpc) is 2.80. The molecule has 6 heteroatoms. The number of hydrogen-bond acceptors (Lipinski definition) is 3. The molecule has 2 rings (SSSR count). The van der Waals surface area contributed by atoms with Crippen LogP contribution in [-0.4, -0.2) is 15.8 Å². The van der Waals surface area contributed by atoms with Crippen LogP contribution in [0.4, 0.5) is 4.39 Å². The zero-order valence-corrected chi connectivity index (χ0v) is 9.72. The van der Waals surface area contributed by atoms with Crippen molar-refractivity contribution in [1.82, 2.24) is 9.97 Å². The predicted molar refractivity (Wildman–Crippen MR) is 65.6 cm³/mol. The smallest absolute Gasteiger partial charge is 0.165 e. The van der Waals surface area contributed by atoms with Gasteiger partial charge in [0, 0.05) is 18.1 Å². The summed E-state index contributed by atoms with van der Waals surface area (Å²) >= 11 is 1.40. The van der Waals surface area contributed by atoms with Crippen LogP contribution >= 0.6 is 11.8 Å². The van der Waals surface area contributed by atoms with Crippen LogP contribution in [0.5, 0.6) is 0 Å². The lowest BCUT2D eigenvalue weighted by molar-refractivity contribution is 0.614. The Hall–Kier alpha value is -1.82. The Morgan fingerprint density at radius 1 is 1.53 bits per heavy atom. The minimum Gasteiger partial charge on any atom is -0.384 e. The maximum Gasteiger partial charge on any atom is 0.165 e. The summed E-state index contributed by atoms with van der Waals surface area (Å²) in [5.74, 6) is -0.244. The Morgan fingerprint density at radius 3 is 3.00 bits per heavy atom. The largest absolute Gasteiger partial charge is 0.384 e. The normalized spacial score (nSPS) is 10.4. The number of H-pyrrole nitrogens is 1. The third-order valence-corrected chi connectivity index (χ3v) is 3.16. The first-order valence-electron chi connectivity index (χ1n) is 4.92. The van der Waals surface area contributed by atoms with Crippen molar-refractivity contribution < 1.29 is 4.39 Å². The SMILES string of the molecule is N=C(N)c1cccc(CSc2ncc[nH]2)c1F. The highest BCUT2D eigenvalue weighted by molar-refractivity contribution is 7.98. The van der Waals surface area contributed by atoms with E-state index in [1.807, 2.05) is 0 Å². The molecule has 2 aromatic rings. The summed E-state index contributed by atoms with van der Waals surface area (Å²) in [6, 6.07) is 4.87. The molecule has 1 heterocycles. The molecule has 0 spiro atoms. The maximum absolute atomic E-state index is 13.9. The van der Waals surface area contributed by atoms with Gasteiger partial charge in [-0.1, -0.05) is 23.9 Å². The summed E-state index contributed by atoms with van der Waals surface area (Å²) in [5, 5.41) is 7.99. The van der Waals surface area contributed by atoms with Crippen molar-refractivity contribution in [3.05, 3.63) is 47.5 Å². The third kappa shape index (κ3) is 2.65. The second-order valence-electron chi connectivity index (χ2n) is 3.38. The number of aromatic nitrogens is 2. The van der Waals surface area contributed by atoms with Crippen LogP contribution in [0.3, 0.4) is 0 Å². The van der Waals surface area contributed by atoms with Crippen LogP contribution in [0.15, 0.2) is 35.7 Å². The minimum atomic E-state index is -0.431. The molecule has 0 radical (unpaired) electrons. The third-order valence-electron chi connectivity index (χ3n) is 2.21. The fraction of sp³-hybridized carbons (Fsp3) is 0.0909. The van der Waals surface area contributed by atoms with E-state index in [1.165, 1.54) is 17.8 Å². The number of benzene rings is 1. The van der Waals surface area contributed by atoms with Crippen LogP contribution in [0.2, 0.25) is 0 Å². The van der Waals surface area contributed by atoms with E-state index >= 15 is 0 Å². The average molecular weight is 250 g/mol. The first kappa shape index (κ1) is 11.7. The number of halogens is 1. The number of imidazole rings is 1. The van der Waals surface area contributed by atoms with Crippen molar-refractivity contribution in [1.29, 1.82) is 5.41 Å². The number of thioether (sulfide) groups is 1. The van der Waals surface area contributed by atoms with Crippen LogP contribution in [0.25, 0.3) is 0 Å². The van der Waals surface area contributed by atoms with Crippen molar-refractivity contribution in [2.45, 2.75) is 10.9 Å². The summed E-state index contributed by atoms with van der Waals surface area (Å²) in [5.41, 5.74) is 5.95. The van der Waals surface area contributed by atoms with E-state index in [4.69, 9.17) is 11.1 Å². The van der Waals surface area contributed by atoms with Crippen molar-refractivity contribution in [2.24, 2.45) is 5.73 Å². The van der Waals surface area contributed by atoms with Crippen molar-refractivity contribution >= 4 is 17.6 Å². The van der Waals surface area contributed by atoms with Gasteiger partial charge < -0.3 is 10.7 Å². The van der Waals surface area contributed by atoms with Crippen LogP contribution in [-0.2, 0) is 5.75 Å². The Bertz CT molecular complexity index is 524. The summed E-state index contributed by atoms with van der Waals surface area (Å²) in [6.07, 6.45) is 3.36. The summed E-state index contributed by atoms with van der Waals surface area (Å²) < 4.78 is 13.9. The molecule has 0 bridgehead atoms. The van der Waals surface area contributed by atoms with Crippen LogP contribution in [0.1, 0.15) is 11.1 Å². The molecule has 0 amide bonds. The van der Waals surface area contributed by atoms with E-state index in [1.54, 1.807) is 24.5 Å². The Morgan fingerprint density at radius 2 is 2.35 bits per heavy atom. The van der Waals surface area contributed by atoms with E-state index in [0.717, 1.165) is 5.16 Å². The zero-order chi connectivity index (χ0) is 12.3. The molecule has 0 atom stereocenters. The van der Waals surface area contributed by atoms with E-state index in [9.17, 15) is 4.39 Å². The second-order valence-corrected chi connectivity index (χ2v) is 4.34. The van der Waals surface area contributed by atoms with Crippen LogP contribution < -0.4 is 5.73 Å². The van der Waals surface area contributed by atoms with Gasteiger partial charge in [-0.2, -0.15) is 0 Å². The van der Waals surface area contributed by atoms with Crippen LogP contribution in [0, 0.1) is 11.2 Å². The Labute approximate surface area is 102 Å². The molecule has 0 aliphatic rings. The molecular formula is C11H11FN4S. The highest BCUT2D eigenvalue weighted by Gasteiger charge is 2.10. The first-order valence-corrected chi connectivity index (χ1v) is 5.91. The number of nitrogens with zero attached hydrogens (tertiary/aromatic N) is 1. The van der Waals surface area contributed by atoms with E-state index in [2.05, 4.69) is 9.97 Å². The lowest BCUT2D eigenvalue weighted by Crippen LogP contribution is -2.14. The molecule has 0 saturated heterocycles. The topological polar surface area (TPSA) is 78.6 Å². The van der Waals surface area contributed by atoms with Gasteiger partial charge in [0.1, 0.15) is 11.7 Å². The Balaban J connectivity index is 2.16. The maximum atomic E-state index is 13.9. The zero-order valence-electron chi connectivity index (χ0n) is 8.90. The molecule has 4 N–H and O–H groups in total. The lowest BCUT2D eigenvalue weighted by Gasteiger charge is -2.06. The summed E-state index contributed by atoms with van der Waals surface area (Å²) in [4.78, 5) is 6.96. The molecule has 0 aliphatic carbocycles. The van der Waals surface area contributed by atoms with Gasteiger partial charge in [0.25, 0.3) is 0 Å². The number of amidine groups is 1. The van der Waals surface area contributed by atoms with Gasteiger partial charge in [-0.05, 0) is 11.6 Å². The van der Waals surface area contributed by atoms with Gasteiger partial charge in [0.05, 0.1) is 5.56 Å². The molecular weight excluding hydrogens is 239 g/mol. The molecule has 1 aromatic heterocycles. The van der Waals surface area contributed by atoms with Gasteiger partial charge in [-0.25, -0.2) is 9.37 Å². The highest BCUT2D eigenvalue weighted by Crippen LogP contribution is 2.22. The van der Waals surface area contributed by atoms with Crippen molar-refractivity contribution in [3.63, 3.8) is 0 Å². The van der Waals surface area contributed by atoms with Crippen molar-refractivity contribution in [3.8, 4) is 0 Å². The number of aromatic amines is 1. The standard InChI is InChI=1S/C11H11FN4S/c12-9-7(2-1-3-8(9)10(13)14)6-17-11-15-4-5-16-11/h1-5H,6H2,(H3,13,14)(H,15,16). The molecule has 17 heavy (non-hydrogen) atoms. The first-order chi connectivity index (χ1) is 8.18. The molecule has 0 saturated carbocycles. The number of nitrogen functional groups attached to an aromatic ring is 1. The molecule has 88 valence electrons. The fourth-order valence-corrected chi connectivity index (χ4v) is 2.18. The molecule has 0 aliphatic heterocycles. The van der Waals surface area contributed by atoms with E-state index < -0.39 is 5.82 Å². The lowest BCUT2D eigenvalue weighted by atomic mass is 10.1. The summed E-state index contributed by atoms with van der Waals surface area (Å²) in [6.45, 7) is 0. The second kappa shape index (κ2) is 5.01. The number of nitrogens with one attached hydrogen (secondary N) is 2. The number of rotatable bonds is 4. The van der Waals surface area contributed by atoms with E-state index in [-0.39, 0.29) is 11.4 Å². The number of hydrogen-bond donors (Lipinski definition) is 3. The van der Waals surface area contributed by atoms with Gasteiger partial charge in [0.2, 0.25) is 0 Å². The molecule has 0 fully saturated rings. The van der Waals surface area contributed by atoms with Gasteiger partial charge in [-0.15, -0.1) is 0 Å². The highest BCUT2D eigenvalue weighted by atomic mass is 32.2. The minimum absolute atomic E-state index is 0.141. The molecule has 1 aromatic carbocycles. The predicted octanol–water partition coefficient (Wildman–Crippen LogP) is 2.13. The summed E-state index contributed by atoms with van der Waals surface area (Å²) in [7, 11) is 0.